The minimum absolute atomic E-state index is 0.191. The van der Waals surface area contributed by atoms with Gasteiger partial charge >= 0.3 is 0 Å². The second-order valence-corrected chi connectivity index (χ2v) is 5.20. The highest BCUT2D eigenvalue weighted by atomic mass is 16.3. The fourth-order valence-corrected chi connectivity index (χ4v) is 2.45. The van der Waals surface area contributed by atoms with Gasteiger partial charge < -0.3 is 5.11 Å². The van der Waals surface area contributed by atoms with E-state index in [0.717, 1.165) is 31.7 Å². The maximum Gasteiger partial charge on any atom is 0.0552 e. The van der Waals surface area contributed by atoms with E-state index in [4.69, 9.17) is 0 Å². The number of hydrogen-bond acceptors (Lipinski definition) is 3. The van der Waals surface area contributed by atoms with Crippen LogP contribution in [0.1, 0.15) is 31.0 Å². The molecule has 0 radical (unpaired) electrons. The van der Waals surface area contributed by atoms with Crippen LogP contribution in [0.3, 0.4) is 0 Å². The number of rotatable bonds is 3. The van der Waals surface area contributed by atoms with Crippen molar-refractivity contribution in [2.75, 3.05) is 13.1 Å². The third-order valence-electron chi connectivity index (χ3n) is 3.58. The lowest BCUT2D eigenvalue weighted by Crippen LogP contribution is -2.39. The maximum atomic E-state index is 9.66. The maximum absolute atomic E-state index is 9.66. The molecular formula is C14H22N2O. The number of aromatic nitrogens is 1. The number of likely N-dealkylation sites (tertiary alicyclic amines) is 1. The Bertz CT molecular complexity index is 348. The molecule has 2 atom stereocenters. The predicted molar refractivity (Wildman–Crippen MR) is 68.7 cm³/mol. The topological polar surface area (TPSA) is 36.4 Å². The summed E-state index contributed by atoms with van der Waals surface area (Å²) in [5.41, 5.74) is 2.33. The SMILES string of the molecule is Cc1ccc(CN2CCC[C@@H]([C@H](C)O)C2)nc1. The molecular weight excluding hydrogens is 212 g/mol. The first-order chi connectivity index (χ1) is 8.15. The lowest BCUT2D eigenvalue weighted by molar-refractivity contribution is 0.0594. The van der Waals surface area contributed by atoms with Crippen molar-refractivity contribution in [2.24, 2.45) is 5.92 Å². The molecule has 1 saturated heterocycles. The number of pyridine rings is 1. The standard InChI is InChI=1S/C14H22N2O/c1-11-5-6-14(15-8-11)10-16-7-3-4-13(9-16)12(2)17/h5-6,8,12-13,17H,3-4,7,9-10H2,1-2H3/t12-,13+/m0/s1. The van der Waals surface area contributed by atoms with Crippen LogP contribution in [0.25, 0.3) is 0 Å². The number of aliphatic hydroxyl groups excluding tert-OH is 1. The average molecular weight is 234 g/mol. The van der Waals surface area contributed by atoms with Crippen molar-refractivity contribution in [3.8, 4) is 0 Å². The van der Waals surface area contributed by atoms with Crippen molar-refractivity contribution in [2.45, 2.75) is 39.3 Å². The van der Waals surface area contributed by atoms with Gasteiger partial charge in [-0.1, -0.05) is 6.07 Å². The number of piperidine rings is 1. The second kappa shape index (κ2) is 5.61. The summed E-state index contributed by atoms with van der Waals surface area (Å²) in [6, 6.07) is 4.21. The van der Waals surface area contributed by atoms with Crippen molar-refractivity contribution in [3.05, 3.63) is 29.6 Å². The molecule has 0 spiro atoms. The zero-order valence-electron chi connectivity index (χ0n) is 10.8. The van der Waals surface area contributed by atoms with E-state index >= 15 is 0 Å². The van der Waals surface area contributed by atoms with Crippen LogP contribution in [-0.4, -0.2) is 34.2 Å². The Balaban J connectivity index is 1.92. The summed E-state index contributed by atoms with van der Waals surface area (Å²) in [6.45, 7) is 6.98. The summed E-state index contributed by atoms with van der Waals surface area (Å²) < 4.78 is 0. The average Bonchev–Trinajstić information content (AvgIpc) is 2.32. The van der Waals surface area contributed by atoms with Gasteiger partial charge in [0.2, 0.25) is 0 Å². The van der Waals surface area contributed by atoms with Gasteiger partial charge in [0, 0.05) is 19.3 Å². The highest BCUT2D eigenvalue weighted by Crippen LogP contribution is 2.20. The Labute approximate surface area is 103 Å². The molecule has 2 rings (SSSR count). The summed E-state index contributed by atoms with van der Waals surface area (Å²) in [5, 5.41) is 9.66. The molecule has 0 saturated carbocycles. The lowest BCUT2D eigenvalue weighted by Gasteiger charge is -2.33. The van der Waals surface area contributed by atoms with Crippen LogP contribution in [0.15, 0.2) is 18.3 Å². The minimum Gasteiger partial charge on any atom is -0.393 e. The Kier molecular flexibility index (Phi) is 4.13. The van der Waals surface area contributed by atoms with Gasteiger partial charge in [-0.05, 0) is 50.8 Å². The molecule has 0 unspecified atom stereocenters. The number of aryl methyl sites for hydroxylation is 1. The van der Waals surface area contributed by atoms with Crippen molar-refractivity contribution in [1.29, 1.82) is 0 Å². The first-order valence-electron chi connectivity index (χ1n) is 6.47. The van der Waals surface area contributed by atoms with Gasteiger partial charge in [-0.3, -0.25) is 9.88 Å². The van der Waals surface area contributed by atoms with Crippen LogP contribution < -0.4 is 0 Å². The normalized spacial score (nSPS) is 23.6. The minimum atomic E-state index is -0.191. The molecule has 0 bridgehead atoms. The van der Waals surface area contributed by atoms with E-state index in [1.807, 2.05) is 13.1 Å². The Morgan fingerprint density at radius 1 is 1.53 bits per heavy atom. The fourth-order valence-electron chi connectivity index (χ4n) is 2.45. The third-order valence-corrected chi connectivity index (χ3v) is 3.58. The van der Waals surface area contributed by atoms with E-state index in [2.05, 4.69) is 28.9 Å². The van der Waals surface area contributed by atoms with Gasteiger partial charge in [-0.25, -0.2) is 0 Å². The number of hydrogen-bond donors (Lipinski definition) is 1. The molecule has 0 amide bonds. The molecule has 3 heteroatoms. The molecule has 0 aromatic carbocycles. The molecule has 3 nitrogen and oxygen atoms in total. The van der Waals surface area contributed by atoms with Crippen molar-refractivity contribution in [3.63, 3.8) is 0 Å². The first-order valence-corrected chi connectivity index (χ1v) is 6.47. The molecule has 1 aromatic heterocycles. The van der Waals surface area contributed by atoms with Crippen LogP contribution >= 0.6 is 0 Å². The number of nitrogens with zero attached hydrogens (tertiary/aromatic N) is 2. The summed E-state index contributed by atoms with van der Waals surface area (Å²) in [4.78, 5) is 6.84. The van der Waals surface area contributed by atoms with Crippen LogP contribution in [0.2, 0.25) is 0 Å². The van der Waals surface area contributed by atoms with Gasteiger partial charge in [-0.15, -0.1) is 0 Å². The largest absolute Gasteiger partial charge is 0.393 e. The van der Waals surface area contributed by atoms with Crippen LogP contribution in [-0.2, 0) is 6.54 Å². The number of aliphatic hydroxyl groups is 1. The highest BCUT2D eigenvalue weighted by Gasteiger charge is 2.23. The summed E-state index contributed by atoms with van der Waals surface area (Å²) in [7, 11) is 0. The molecule has 1 aromatic rings. The Hall–Kier alpha value is -0.930. The van der Waals surface area contributed by atoms with Crippen LogP contribution in [0.4, 0.5) is 0 Å². The molecule has 94 valence electrons. The molecule has 1 fully saturated rings. The summed E-state index contributed by atoms with van der Waals surface area (Å²) >= 11 is 0. The predicted octanol–water partition coefficient (Wildman–Crippen LogP) is 1.98. The molecule has 1 aliphatic heterocycles. The fraction of sp³-hybridized carbons (Fsp3) is 0.643. The van der Waals surface area contributed by atoms with E-state index in [1.54, 1.807) is 0 Å². The van der Waals surface area contributed by atoms with E-state index < -0.39 is 0 Å². The van der Waals surface area contributed by atoms with Crippen LogP contribution in [0.5, 0.6) is 0 Å². The Morgan fingerprint density at radius 2 is 2.35 bits per heavy atom. The summed E-state index contributed by atoms with van der Waals surface area (Å²) in [5.74, 6) is 0.425. The van der Waals surface area contributed by atoms with E-state index in [1.165, 1.54) is 12.0 Å². The van der Waals surface area contributed by atoms with Gasteiger partial charge in [0.25, 0.3) is 0 Å². The quantitative estimate of drug-likeness (QED) is 0.869. The molecule has 2 heterocycles. The first kappa shape index (κ1) is 12.5. The lowest BCUT2D eigenvalue weighted by atomic mass is 9.93. The van der Waals surface area contributed by atoms with Gasteiger partial charge in [0.15, 0.2) is 0 Å². The molecule has 1 aliphatic rings. The monoisotopic (exact) mass is 234 g/mol. The van der Waals surface area contributed by atoms with E-state index in [0.29, 0.717) is 5.92 Å². The second-order valence-electron chi connectivity index (χ2n) is 5.20. The zero-order chi connectivity index (χ0) is 12.3. The zero-order valence-corrected chi connectivity index (χ0v) is 10.8. The Morgan fingerprint density at radius 3 is 3.00 bits per heavy atom. The van der Waals surface area contributed by atoms with Crippen molar-refractivity contribution >= 4 is 0 Å². The summed E-state index contributed by atoms with van der Waals surface area (Å²) in [6.07, 6.45) is 4.06. The highest BCUT2D eigenvalue weighted by molar-refractivity contribution is 5.12. The van der Waals surface area contributed by atoms with Crippen molar-refractivity contribution < 1.29 is 5.11 Å². The van der Waals surface area contributed by atoms with Gasteiger partial charge in [-0.2, -0.15) is 0 Å². The van der Waals surface area contributed by atoms with E-state index in [-0.39, 0.29) is 6.10 Å². The van der Waals surface area contributed by atoms with Gasteiger partial charge in [0.1, 0.15) is 0 Å². The third kappa shape index (κ3) is 3.51. The van der Waals surface area contributed by atoms with E-state index in [9.17, 15) is 5.11 Å². The smallest absolute Gasteiger partial charge is 0.0552 e. The molecule has 0 aliphatic carbocycles. The molecule has 17 heavy (non-hydrogen) atoms. The van der Waals surface area contributed by atoms with Crippen molar-refractivity contribution in [1.82, 2.24) is 9.88 Å². The van der Waals surface area contributed by atoms with Gasteiger partial charge in [0.05, 0.1) is 11.8 Å². The molecule has 1 N–H and O–H groups in total. The van der Waals surface area contributed by atoms with Crippen LogP contribution in [0, 0.1) is 12.8 Å².